The number of rotatable bonds is 4. The molecule has 4 N–H and O–H groups in total. The Kier molecular flexibility index (Phi) is 4.09. The van der Waals surface area contributed by atoms with E-state index >= 15 is 0 Å². The van der Waals surface area contributed by atoms with Crippen molar-refractivity contribution in [1.29, 1.82) is 0 Å². The van der Waals surface area contributed by atoms with Crippen LogP contribution < -0.4 is 11.5 Å². The van der Waals surface area contributed by atoms with Gasteiger partial charge in [0.15, 0.2) is 0 Å². The van der Waals surface area contributed by atoms with E-state index in [4.69, 9.17) is 34.7 Å². The fourth-order valence-corrected chi connectivity index (χ4v) is 2.35. The molecule has 0 aliphatic rings. The summed E-state index contributed by atoms with van der Waals surface area (Å²) in [6.45, 7) is 0.450. The van der Waals surface area contributed by atoms with Crippen molar-refractivity contribution in [2.24, 2.45) is 11.5 Å². The first-order valence-corrected chi connectivity index (χ1v) is 6.27. The minimum atomic E-state index is -0.582. The molecule has 0 fully saturated rings. The van der Waals surface area contributed by atoms with Gasteiger partial charge in [-0.3, -0.25) is 4.79 Å². The molecule has 0 aliphatic carbocycles. The van der Waals surface area contributed by atoms with Crippen molar-refractivity contribution >= 4 is 29.1 Å². The van der Waals surface area contributed by atoms with Gasteiger partial charge in [0.1, 0.15) is 5.69 Å². The molecular formula is C12H12Cl2N4O. The molecule has 1 heterocycles. The zero-order valence-corrected chi connectivity index (χ0v) is 11.4. The van der Waals surface area contributed by atoms with Crippen molar-refractivity contribution in [3.05, 3.63) is 51.5 Å². The van der Waals surface area contributed by atoms with Crippen molar-refractivity contribution in [2.75, 3.05) is 0 Å². The summed E-state index contributed by atoms with van der Waals surface area (Å²) >= 11 is 12.2. The third-order valence-electron chi connectivity index (χ3n) is 2.73. The van der Waals surface area contributed by atoms with Crippen LogP contribution in [0.15, 0.2) is 24.5 Å². The monoisotopic (exact) mass is 298 g/mol. The van der Waals surface area contributed by atoms with Gasteiger partial charge in [0.05, 0.1) is 18.6 Å². The second kappa shape index (κ2) is 5.61. The van der Waals surface area contributed by atoms with Crippen molar-refractivity contribution in [2.45, 2.75) is 13.1 Å². The third kappa shape index (κ3) is 2.73. The Morgan fingerprint density at radius 2 is 1.95 bits per heavy atom. The summed E-state index contributed by atoms with van der Waals surface area (Å²) in [5.74, 6) is -0.582. The number of hydrogen-bond acceptors (Lipinski definition) is 3. The lowest BCUT2D eigenvalue weighted by Crippen LogP contribution is -2.20. The fourth-order valence-electron chi connectivity index (χ4n) is 1.83. The molecule has 0 saturated heterocycles. The molecule has 100 valence electrons. The van der Waals surface area contributed by atoms with Gasteiger partial charge in [-0.05, 0) is 12.1 Å². The summed E-state index contributed by atoms with van der Waals surface area (Å²) in [6.07, 6.45) is 1.50. The number of aromatic nitrogens is 2. The number of nitrogens with zero attached hydrogens (tertiary/aromatic N) is 2. The number of hydrogen-bond donors (Lipinski definition) is 2. The van der Waals surface area contributed by atoms with Crippen molar-refractivity contribution < 1.29 is 4.79 Å². The quantitative estimate of drug-likeness (QED) is 0.902. The number of primary amides is 1. The second-order valence-corrected chi connectivity index (χ2v) is 4.75. The van der Waals surface area contributed by atoms with Gasteiger partial charge in [-0.25, -0.2) is 4.98 Å². The van der Waals surface area contributed by atoms with E-state index in [0.717, 1.165) is 0 Å². The van der Waals surface area contributed by atoms with Crippen LogP contribution in [0.25, 0.3) is 0 Å². The zero-order chi connectivity index (χ0) is 14.0. The van der Waals surface area contributed by atoms with E-state index in [1.54, 1.807) is 22.8 Å². The van der Waals surface area contributed by atoms with Crippen LogP contribution in [0.5, 0.6) is 0 Å². The maximum atomic E-state index is 11.5. The molecule has 19 heavy (non-hydrogen) atoms. The van der Waals surface area contributed by atoms with E-state index in [-0.39, 0.29) is 12.2 Å². The second-order valence-electron chi connectivity index (χ2n) is 3.94. The van der Waals surface area contributed by atoms with Gasteiger partial charge >= 0.3 is 0 Å². The Morgan fingerprint density at radius 3 is 2.47 bits per heavy atom. The number of nitrogens with two attached hydrogens (primary N) is 2. The third-order valence-corrected chi connectivity index (χ3v) is 3.44. The smallest absolute Gasteiger partial charge is 0.267 e. The SMILES string of the molecule is NCc1ncn(Cc2c(Cl)cccc2Cl)c1C(N)=O. The Morgan fingerprint density at radius 1 is 1.32 bits per heavy atom. The molecule has 2 aromatic rings. The van der Waals surface area contributed by atoms with Crippen molar-refractivity contribution in [3.63, 3.8) is 0 Å². The first-order valence-electron chi connectivity index (χ1n) is 5.51. The topological polar surface area (TPSA) is 86.9 Å². The molecular weight excluding hydrogens is 287 g/mol. The molecule has 1 aromatic carbocycles. The van der Waals surface area contributed by atoms with Gasteiger partial charge in [0.25, 0.3) is 5.91 Å². The molecule has 0 saturated carbocycles. The number of carbonyl (C=O) groups excluding carboxylic acids is 1. The van der Waals surface area contributed by atoms with E-state index in [1.807, 2.05) is 0 Å². The van der Waals surface area contributed by atoms with Gasteiger partial charge in [0.2, 0.25) is 0 Å². The molecule has 7 heteroatoms. The highest BCUT2D eigenvalue weighted by molar-refractivity contribution is 6.35. The molecule has 1 aromatic heterocycles. The largest absolute Gasteiger partial charge is 0.364 e. The Labute approximate surface area is 120 Å². The molecule has 2 rings (SSSR count). The number of amides is 1. The van der Waals surface area contributed by atoms with E-state index in [2.05, 4.69) is 4.98 Å². The number of benzene rings is 1. The number of imidazole rings is 1. The normalized spacial score (nSPS) is 10.7. The number of halogens is 2. The highest BCUT2D eigenvalue weighted by Gasteiger charge is 2.16. The van der Waals surface area contributed by atoms with E-state index < -0.39 is 5.91 Å². The predicted molar refractivity (Wildman–Crippen MR) is 74.2 cm³/mol. The Hall–Kier alpha value is -1.56. The molecule has 5 nitrogen and oxygen atoms in total. The maximum Gasteiger partial charge on any atom is 0.267 e. The Bertz CT molecular complexity index is 604. The molecule has 1 amide bonds. The molecule has 0 aliphatic heterocycles. The van der Waals surface area contributed by atoms with Gasteiger partial charge < -0.3 is 16.0 Å². The maximum absolute atomic E-state index is 11.5. The van der Waals surface area contributed by atoms with E-state index in [0.29, 0.717) is 27.8 Å². The minimum absolute atomic E-state index is 0.140. The highest BCUT2D eigenvalue weighted by Crippen LogP contribution is 2.25. The first kappa shape index (κ1) is 13.9. The summed E-state index contributed by atoms with van der Waals surface area (Å²) in [5, 5.41) is 1.04. The molecule has 0 bridgehead atoms. The lowest BCUT2D eigenvalue weighted by molar-refractivity contribution is 0.0991. The highest BCUT2D eigenvalue weighted by atomic mass is 35.5. The molecule has 0 unspecified atom stereocenters. The van der Waals surface area contributed by atoms with Crippen LogP contribution in [-0.4, -0.2) is 15.5 Å². The lowest BCUT2D eigenvalue weighted by atomic mass is 10.2. The summed E-state index contributed by atoms with van der Waals surface area (Å²) < 4.78 is 1.59. The van der Waals surface area contributed by atoms with Gasteiger partial charge in [-0.15, -0.1) is 0 Å². The zero-order valence-electron chi connectivity index (χ0n) is 9.94. The summed E-state index contributed by atoms with van der Waals surface area (Å²) in [6, 6.07) is 5.21. The van der Waals surface area contributed by atoms with Crippen LogP contribution in [0, 0.1) is 0 Å². The summed E-state index contributed by atoms with van der Waals surface area (Å²) in [4.78, 5) is 15.5. The molecule has 0 radical (unpaired) electrons. The summed E-state index contributed by atoms with van der Waals surface area (Å²) in [5.41, 5.74) is 12.3. The van der Waals surface area contributed by atoms with Crippen LogP contribution in [0.4, 0.5) is 0 Å². The molecule has 0 atom stereocenters. The van der Waals surface area contributed by atoms with Crippen LogP contribution in [0.3, 0.4) is 0 Å². The average molecular weight is 299 g/mol. The van der Waals surface area contributed by atoms with Crippen LogP contribution in [0.2, 0.25) is 10.0 Å². The molecule has 0 spiro atoms. The fraction of sp³-hybridized carbons (Fsp3) is 0.167. The van der Waals surface area contributed by atoms with E-state index in [9.17, 15) is 4.79 Å². The Balaban J connectivity index is 2.44. The first-order chi connectivity index (χ1) is 9.04. The summed E-state index contributed by atoms with van der Waals surface area (Å²) in [7, 11) is 0. The van der Waals surface area contributed by atoms with Gasteiger partial charge in [-0.1, -0.05) is 29.3 Å². The van der Waals surface area contributed by atoms with Crippen LogP contribution in [0.1, 0.15) is 21.7 Å². The van der Waals surface area contributed by atoms with E-state index in [1.165, 1.54) is 6.33 Å². The minimum Gasteiger partial charge on any atom is -0.364 e. The average Bonchev–Trinajstić information content (AvgIpc) is 2.77. The van der Waals surface area contributed by atoms with Gasteiger partial charge in [0, 0.05) is 22.2 Å². The van der Waals surface area contributed by atoms with Gasteiger partial charge in [-0.2, -0.15) is 0 Å². The van der Waals surface area contributed by atoms with Crippen molar-refractivity contribution in [3.8, 4) is 0 Å². The van der Waals surface area contributed by atoms with Crippen molar-refractivity contribution in [1.82, 2.24) is 9.55 Å². The van der Waals surface area contributed by atoms with Crippen LogP contribution in [-0.2, 0) is 13.1 Å². The number of carbonyl (C=O) groups is 1. The lowest BCUT2D eigenvalue weighted by Gasteiger charge is -2.10. The standard InChI is InChI=1S/C12H12Cl2N4O/c13-8-2-1-3-9(14)7(8)5-18-6-17-10(4-15)11(18)12(16)19/h1-3,6H,4-5,15H2,(H2,16,19). The predicted octanol–water partition coefficient (Wildman–Crippen LogP) is 1.80. The van der Waals surface area contributed by atoms with Crippen LogP contribution >= 0.6 is 23.2 Å².